The molecule has 1 amide bonds. The van der Waals surface area contributed by atoms with Gasteiger partial charge in [-0.05, 0) is 43.5 Å². The van der Waals surface area contributed by atoms with Crippen LogP contribution in [0.4, 0.5) is 0 Å². The monoisotopic (exact) mass is 411 g/mol. The van der Waals surface area contributed by atoms with Gasteiger partial charge < -0.3 is 4.90 Å². The molecule has 0 bridgehead atoms. The molecule has 3 aromatic rings. The molecule has 1 aromatic heterocycles. The first-order valence-electron chi connectivity index (χ1n) is 9.52. The Morgan fingerprint density at radius 3 is 2.43 bits per heavy atom. The summed E-state index contributed by atoms with van der Waals surface area (Å²) in [6.07, 6.45) is 5.30. The molecule has 2 aromatic carbocycles. The fourth-order valence-corrected chi connectivity index (χ4v) is 4.47. The molecular weight excluding hydrogens is 390 g/mol. The van der Waals surface area contributed by atoms with Crippen molar-refractivity contribution in [3.63, 3.8) is 0 Å². The van der Waals surface area contributed by atoms with Gasteiger partial charge in [0.05, 0.1) is 17.6 Å². The van der Waals surface area contributed by atoms with Gasteiger partial charge in [0, 0.05) is 29.4 Å². The lowest BCUT2D eigenvalue weighted by molar-refractivity contribution is -0.129. The Morgan fingerprint density at radius 2 is 1.71 bits per heavy atom. The zero-order valence-corrected chi connectivity index (χ0v) is 17.1. The van der Waals surface area contributed by atoms with E-state index in [-0.39, 0.29) is 5.91 Å². The predicted molar refractivity (Wildman–Crippen MR) is 115 cm³/mol. The van der Waals surface area contributed by atoms with Crippen molar-refractivity contribution in [2.75, 3.05) is 18.8 Å². The number of amides is 1. The predicted octanol–water partition coefficient (Wildman–Crippen LogP) is 5.30. The maximum atomic E-state index is 12.6. The fourth-order valence-electron chi connectivity index (χ4n) is 3.45. The van der Waals surface area contributed by atoms with E-state index in [1.165, 1.54) is 18.2 Å². The Morgan fingerprint density at radius 1 is 1.00 bits per heavy atom. The molecule has 1 aliphatic rings. The first-order chi connectivity index (χ1) is 13.7. The molecule has 6 heteroatoms. The van der Waals surface area contributed by atoms with Gasteiger partial charge in [0.15, 0.2) is 5.16 Å². The number of hydrogen-bond acceptors (Lipinski definition) is 3. The van der Waals surface area contributed by atoms with E-state index < -0.39 is 0 Å². The van der Waals surface area contributed by atoms with Crippen LogP contribution in [-0.4, -0.2) is 39.2 Å². The molecule has 0 atom stereocenters. The second-order valence-electron chi connectivity index (χ2n) is 6.83. The van der Waals surface area contributed by atoms with E-state index in [9.17, 15) is 4.79 Å². The third-order valence-corrected chi connectivity index (χ3v) is 6.11. The van der Waals surface area contributed by atoms with E-state index in [2.05, 4.69) is 21.7 Å². The van der Waals surface area contributed by atoms with Gasteiger partial charge in [-0.3, -0.25) is 9.36 Å². The minimum atomic E-state index is 0.191. The summed E-state index contributed by atoms with van der Waals surface area (Å²) in [6, 6.07) is 17.9. The van der Waals surface area contributed by atoms with Gasteiger partial charge in [0.25, 0.3) is 0 Å². The largest absolute Gasteiger partial charge is 0.342 e. The molecule has 0 aliphatic carbocycles. The quantitative estimate of drug-likeness (QED) is 0.535. The molecule has 0 unspecified atom stereocenters. The van der Waals surface area contributed by atoms with Crippen LogP contribution in [0.3, 0.4) is 0 Å². The average Bonchev–Trinajstić information content (AvgIpc) is 3.18. The summed E-state index contributed by atoms with van der Waals surface area (Å²) < 4.78 is 2.10. The summed E-state index contributed by atoms with van der Waals surface area (Å²) in [5, 5.41) is 1.51. The molecular formula is C22H22ClN3OS. The number of nitrogens with zero attached hydrogens (tertiary/aromatic N) is 3. The van der Waals surface area contributed by atoms with Crippen LogP contribution in [0.25, 0.3) is 16.9 Å². The highest BCUT2D eigenvalue weighted by molar-refractivity contribution is 7.99. The molecule has 2 heterocycles. The lowest BCUT2D eigenvalue weighted by Crippen LogP contribution is -2.36. The molecule has 4 rings (SSSR count). The van der Waals surface area contributed by atoms with Gasteiger partial charge in [-0.1, -0.05) is 53.7 Å². The maximum Gasteiger partial charge on any atom is 0.233 e. The SMILES string of the molecule is O=C(CSc1ncc(-c2ccccc2)n1-c1ccc(Cl)cc1)N1CCCCC1. The van der Waals surface area contributed by atoms with Crippen LogP contribution >= 0.6 is 23.4 Å². The molecule has 0 spiro atoms. The summed E-state index contributed by atoms with van der Waals surface area (Å²) in [5.41, 5.74) is 3.06. The van der Waals surface area contributed by atoms with Crippen LogP contribution in [0.15, 0.2) is 66.0 Å². The third kappa shape index (κ3) is 4.26. The zero-order valence-electron chi connectivity index (χ0n) is 15.6. The highest BCUT2D eigenvalue weighted by Crippen LogP contribution is 2.30. The number of aromatic nitrogens is 2. The standard InChI is InChI=1S/C22H22ClN3OS/c23-18-9-11-19(12-10-18)26-20(17-7-3-1-4-8-17)15-24-22(26)28-16-21(27)25-13-5-2-6-14-25/h1,3-4,7-12,15H,2,5-6,13-14,16H2. The van der Waals surface area contributed by atoms with Gasteiger partial charge in [-0.15, -0.1) is 0 Å². The number of imidazole rings is 1. The lowest BCUT2D eigenvalue weighted by atomic mass is 10.1. The van der Waals surface area contributed by atoms with Crippen molar-refractivity contribution < 1.29 is 4.79 Å². The number of halogens is 1. The summed E-state index contributed by atoms with van der Waals surface area (Å²) in [5.74, 6) is 0.593. The van der Waals surface area contributed by atoms with Crippen molar-refractivity contribution in [3.8, 4) is 16.9 Å². The number of carbonyl (C=O) groups is 1. The minimum absolute atomic E-state index is 0.191. The van der Waals surface area contributed by atoms with Crippen molar-refractivity contribution in [1.29, 1.82) is 0 Å². The molecule has 0 N–H and O–H groups in total. The smallest absolute Gasteiger partial charge is 0.233 e. The number of benzene rings is 2. The minimum Gasteiger partial charge on any atom is -0.342 e. The van der Waals surface area contributed by atoms with E-state index in [1.807, 2.05) is 53.6 Å². The molecule has 144 valence electrons. The lowest BCUT2D eigenvalue weighted by Gasteiger charge is -2.26. The Hall–Kier alpha value is -2.24. The molecule has 28 heavy (non-hydrogen) atoms. The van der Waals surface area contributed by atoms with Crippen LogP contribution in [0.2, 0.25) is 5.02 Å². The van der Waals surface area contributed by atoms with Crippen LogP contribution in [0, 0.1) is 0 Å². The summed E-state index contributed by atoms with van der Waals surface area (Å²) >= 11 is 7.57. The van der Waals surface area contributed by atoms with Crippen LogP contribution < -0.4 is 0 Å². The van der Waals surface area contributed by atoms with Gasteiger partial charge in [0.1, 0.15) is 0 Å². The van der Waals surface area contributed by atoms with E-state index in [0.717, 1.165) is 48.0 Å². The number of likely N-dealkylation sites (tertiary alicyclic amines) is 1. The Labute approximate surface area is 174 Å². The Balaban J connectivity index is 1.62. The second kappa shape index (κ2) is 8.84. The number of piperidine rings is 1. The molecule has 1 aliphatic heterocycles. The van der Waals surface area contributed by atoms with Gasteiger partial charge >= 0.3 is 0 Å². The number of carbonyl (C=O) groups excluding carboxylic acids is 1. The summed E-state index contributed by atoms with van der Waals surface area (Å²) in [4.78, 5) is 19.2. The molecule has 4 nitrogen and oxygen atoms in total. The second-order valence-corrected chi connectivity index (χ2v) is 8.21. The molecule has 1 saturated heterocycles. The van der Waals surface area contributed by atoms with Crippen LogP contribution in [-0.2, 0) is 4.79 Å². The zero-order chi connectivity index (χ0) is 19.3. The topological polar surface area (TPSA) is 38.1 Å². The van der Waals surface area contributed by atoms with Crippen molar-refractivity contribution in [3.05, 3.63) is 65.8 Å². The highest BCUT2D eigenvalue weighted by Gasteiger charge is 2.19. The maximum absolute atomic E-state index is 12.6. The number of thioether (sulfide) groups is 1. The normalized spacial score (nSPS) is 14.2. The first-order valence-corrected chi connectivity index (χ1v) is 10.9. The average molecular weight is 412 g/mol. The van der Waals surface area contributed by atoms with E-state index >= 15 is 0 Å². The van der Waals surface area contributed by atoms with Gasteiger partial charge in [0.2, 0.25) is 5.91 Å². The van der Waals surface area contributed by atoms with Crippen LogP contribution in [0.1, 0.15) is 19.3 Å². The van der Waals surface area contributed by atoms with Crippen molar-refractivity contribution in [2.24, 2.45) is 0 Å². The van der Waals surface area contributed by atoms with Crippen molar-refractivity contribution >= 4 is 29.3 Å². The van der Waals surface area contributed by atoms with Gasteiger partial charge in [-0.2, -0.15) is 0 Å². The third-order valence-electron chi connectivity index (χ3n) is 4.92. The summed E-state index contributed by atoms with van der Waals surface area (Å²) in [7, 11) is 0. The van der Waals surface area contributed by atoms with E-state index in [1.54, 1.807) is 0 Å². The Bertz CT molecular complexity index is 934. The van der Waals surface area contributed by atoms with Gasteiger partial charge in [-0.25, -0.2) is 4.98 Å². The van der Waals surface area contributed by atoms with Crippen LogP contribution in [0.5, 0.6) is 0 Å². The van der Waals surface area contributed by atoms with E-state index in [0.29, 0.717) is 10.8 Å². The number of hydrogen-bond donors (Lipinski definition) is 0. The molecule has 0 saturated carbocycles. The van der Waals surface area contributed by atoms with Crippen molar-refractivity contribution in [1.82, 2.24) is 14.5 Å². The molecule has 0 radical (unpaired) electrons. The first kappa shape index (κ1) is 19.1. The van der Waals surface area contributed by atoms with Crippen molar-refractivity contribution in [2.45, 2.75) is 24.4 Å². The fraction of sp³-hybridized carbons (Fsp3) is 0.273. The Kier molecular flexibility index (Phi) is 6.03. The molecule has 1 fully saturated rings. The van der Waals surface area contributed by atoms with E-state index in [4.69, 9.17) is 11.6 Å². The summed E-state index contributed by atoms with van der Waals surface area (Å²) in [6.45, 7) is 1.75. The highest BCUT2D eigenvalue weighted by atomic mass is 35.5. The number of rotatable bonds is 5.